The van der Waals surface area contributed by atoms with Gasteiger partial charge in [-0.25, -0.2) is 9.59 Å². The maximum absolute atomic E-state index is 12.3. The van der Waals surface area contributed by atoms with E-state index >= 15 is 0 Å². The third-order valence-corrected chi connectivity index (χ3v) is 4.77. The number of rotatable bonds is 17. The van der Waals surface area contributed by atoms with Crippen LogP contribution in [-0.2, 0) is 14.3 Å². The Hall–Kier alpha value is -1.52. The molecule has 0 fully saturated rings. The van der Waals surface area contributed by atoms with E-state index in [-0.39, 0.29) is 11.9 Å². The summed E-state index contributed by atoms with van der Waals surface area (Å²) < 4.78 is 10.5. The van der Waals surface area contributed by atoms with E-state index in [1.807, 2.05) is 26.8 Å². The lowest BCUT2D eigenvalue weighted by Crippen LogP contribution is -2.46. The van der Waals surface area contributed by atoms with Gasteiger partial charge in [0.15, 0.2) is 0 Å². The number of ether oxygens (including phenoxy) is 2. The average Bonchev–Trinajstić information content (AvgIpc) is 2.67. The lowest BCUT2D eigenvalue weighted by molar-refractivity contribution is -0.147. The molecule has 27 heavy (non-hydrogen) atoms. The van der Waals surface area contributed by atoms with Crippen LogP contribution in [0.25, 0.3) is 0 Å². The fourth-order valence-electron chi connectivity index (χ4n) is 2.68. The zero-order chi connectivity index (χ0) is 20.3. The van der Waals surface area contributed by atoms with E-state index in [0.717, 1.165) is 38.5 Å². The van der Waals surface area contributed by atoms with Gasteiger partial charge in [0.25, 0.3) is 0 Å². The predicted molar refractivity (Wildman–Crippen MR) is 111 cm³/mol. The highest BCUT2D eigenvalue weighted by Crippen LogP contribution is 2.12. The monoisotopic (exact) mass is 383 g/mol. The van der Waals surface area contributed by atoms with Crippen LogP contribution >= 0.6 is 0 Å². The molecule has 0 heterocycles. The quantitative estimate of drug-likeness (QED) is 0.196. The van der Waals surface area contributed by atoms with Gasteiger partial charge in [-0.3, -0.25) is 0 Å². The molecule has 1 N–H and O–H groups in total. The molecule has 0 spiro atoms. The largest absolute Gasteiger partial charge is 0.464 e. The molecule has 0 aliphatic carbocycles. The average molecular weight is 384 g/mol. The number of nitrogens with one attached hydrogen (secondary N) is 1. The van der Waals surface area contributed by atoms with Gasteiger partial charge in [-0.2, -0.15) is 0 Å². The minimum Gasteiger partial charge on any atom is -0.464 e. The summed E-state index contributed by atoms with van der Waals surface area (Å²) in [5.41, 5.74) is 0. The van der Waals surface area contributed by atoms with Crippen LogP contribution in [0.3, 0.4) is 0 Å². The Kier molecular flexibility index (Phi) is 16.9. The molecule has 0 saturated heterocycles. The van der Waals surface area contributed by atoms with Crippen LogP contribution in [0.4, 0.5) is 4.79 Å². The number of amides is 1. The third-order valence-electron chi connectivity index (χ3n) is 4.77. The maximum Gasteiger partial charge on any atom is 0.407 e. The minimum absolute atomic E-state index is 0.00629. The summed E-state index contributed by atoms with van der Waals surface area (Å²) in [6.45, 7) is 10.5. The van der Waals surface area contributed by atoms with Crippen LogP contribution in [0.2, 0.25) is 0 Å². The molecule has 0 radical (unpaired) electrons. The van der Waals surface area contributed by atoms with Gasteiger partial charge in [0, 0.05) is 0 Å². The van der Waals surface area contributed by atoms with Gasteiger partial charge >= 0.3 is 12.1 Å². The summed E-state index contributed by atoms with van der Waals surface area (Å²) in [5.74, 6) is -0.354. The molecule has 5 nitrogen and oxygen atoms in total. The molecule has 0 aromatic heterocycles. The summed E-state index contributed by atoms with van der Waals surface area (Å²) in [6.07, 6.45) is 13.2. The van der Waals surface area contributed by atoms with E-state index in [0.29, 0.717) is 13.2 Å². The Labute approximate surface area is 166 Å². The van der Waals surface area contributed by atoms with E-state index < -0.39 is 12.1 Å². The molecule has 0 aliphatic rings. The van der Waals surface area contributed by atoms with Crippen molar-refractivity contribution in [2.45, 2.75) is 97.4 Å². The van der Waals surface area contributed by atoms with Crippen molar-refractivity contribution in [3.8, 4) is 0 Å². The molecule has 0 bridgehead atoms. The van der Waals surface area contributed by atoms with Crippen LogP contribution in [0.15, 0.2) is 12.7 Å². The van der Waals surface area contributed by atoms with E-state index in [1.165, 1.54) is 32.1 Å². The van der Waals surface area contributed by atoms with Gasteiger partial charge in [0.2, 0.25) is 0 Å². The van der Waals surface area contributed by atoms with Gasteiger partial charge in [-0.1, -0.05) is 71.8 Å². The highest BCUT2D eigenvalue weighted by Gasteiger charge is 2.27. The van der Waals surface area contributed by atoms with Crippen molar-refractivity contribution in [3.63, 3.8) is 0 Å². The summed E-state index contributed by atoms with van der Waals surface area (Å²) >= 11 is 0. The van der Waals surface area contributed by atoms with Gasteiger partial charge in [0.1, 0.15) is 6.04 Å². The fraction of sp³-hybridized carbons (Fsp3) is 0.818. The van der Waals surface area contributed by atoms with Gasteiger partial charge in [-0.15, -0.1) is 6.58 Å². The number of carbonyl (C=O) groups excluding carboxylic acids is 2. The Morgan fingerprint density at radius 2 is 1.52 bits per heavy atom. The Balaban J connectivity index is 3.98. The molecule has 0 aliphatic heterocycles. The summed E-state index contributed by atoms with van der Waals surface area (Å²) in [5, 5.41) is 2.67. The fourth-order valence-corrected chi connectivity index (χ4v) is 2.68. The van der Waals surface area contributed by atoms with Crippen molar-refractivity contribution < 1.29 is 19.1 Å². The number of hydrogen-bond acceptors (Lipinski definition) is 4. The summed E-state index contributed by atoms with van der Waals surface area (Å²) in [4.78, 5) is 24.2. The smallest absolute Gasteiger partial charge is 0.407 e. The van der Waals surface area contributed by atoms with Gasteiger partial charge < -0.3 is 14.8 Å². The molecule has 1 amide bonds. The molecule has 5 heteroatoms. The van der Waals surface area contributed by atoms with E-state index in [1.54, 1.807) is 0 Å². The molecule has 1 unspecified atom stereocenters. The summed E-state index contributed by atoms with van der Waals surface area (Å²) in [7, 11) is 0. The number of hydrogen-bond donors (Lipinski definition) is 1. The molecule has 0 aromatic carbocycles. The van der Waals surface area contributed by atoms with E-state index in [2.05, 4.69) is 11.9 Å². The Bertz CT molecular complexity index is 398. The Morgan fingerprint density at radius 1 is 0.926 bits per heavy atom. The standard InChI is InChI=1S/C22H41NO4/c1-5-8-10-11-12-13-14-15-16-18-26-21(24)20(19(4)7-3)23-22(25)27-17-9-6-2/h5,19-20H,1,6-18H2,2-4H3,(H,23,25)/t19?,20-/m0/s1. The molecule has 2 atom stereocenters. The highest BCUT2D eigenvalue weighted by atomic mass is 16.6. The first-order chi connectivity index (χ1) is 13.1. The molecular weight excluding hydrogens is 342 g/mol. The van der Waals surface area contributed by atoms with Crippen LogP contribution in [0, 0.1) is 5.92 Å². The van der Waals surface area contributed by atoms with Crippen molar-refractivity contribution >= 4 is 12.1 Å². The molecule has 0 saturated carbocycles. The maximum atomic E-state index is 12.3. The van der Waals surface area contributed by atoms with Gasteiger partial charge in [0.05, 0.1) is 13.2 Å². The third kappa shape index (κ3) is 14.2. The number of unbranched alkanes of at least 4 members (excludes halogenated alkanes) is 8. The number of esters is 1. The lowest BCUT2D eigenvalue weighted by atomic mass is 9.99. The number of alkyl carbamates (subject to hydrolysis) is 1. The predicted octanol–water partition coefficient (Wildman–Crippen LogP) is 5.78. The van der Waals surface area contributed by atoms with Crippen LogP contribution in [0.5, 0.6) is 0 Å². The van der Waals surface area contributed by atoms with Crippen LogP contribution in [-0.4, -0.2) is 31.3 Å². The van der Waals surface area contributed by atoms with Crippen molar-refractivity contribution in [2.24, 2.45) is 5.92 Å². The highest BCUT2D eigenvalue weighted by molar-refractivity contribution is 5.81. The SMILES string of the molecule is C=CCCCCCCCCCOC(=O)[C@@H](NC(=O)OCCCC)C(C)CC. The second-order valence-electron chi connectivity index (χ2n) is 7.22. The van der Waals surface area contributed by atoms with E-state index in [9.17, 15) is 9.59 Å². The van der Waals surface area contributed by atoms with Crippen molar-refractivity contribution in [2.75, 3.05) is 13.2 Å². The minimum atomic E-state index is -0.644. The number of allylic oxidation sites excluding steroid dienone is 1. The van der Waals surface area contributed by atoms with Crippen LogP contribution < -0.4 is 5.32 Å². The molecule has 0 rings (SSSR count). The molecule has 158 valence electrons. The van der Waals surface area contributed by atoms with Gasteiger partial charge in [-0.05, 0) is 31.6 Å². The first kappa shape index (κ1) is 25.5. The zero-order valence-corrected chi connectivity index (χ0v) is 17.8. The summed E-state index contributed by atoms with van der Waals surface area (Å²) in [6, 6.07) is -0.644. The zero-order valence-electron chi connectivity index (χ0n) is 17.8. The first-order valence-electron chi connectivity index (χ1n) is 10.8. The lowest BCUT2D eigenvalue weighted by Gasteiger charge is -2.22. The normalized spacial score (nSPS) is 12.9. The molecular formula is C22H41NO4. The Morgan fingerprint density at radius 3 is 2.11 bits per heavy atom. The molecule has 0 aromatic rings. The topological polar surface area (TPSA) is 64.6 Å². The number of carbonyl (C=O) groups is 2. The second kappa shape index (κ2) is 17.9. The van der Waals surface area contributed by atoms with Crippen LogP contribution in [0.1, 0.15) is 91.4 Å². The second-order valence-corrected chi connectivity index (χ2v) is 7.22. The van der Waals surface area contributed by atoms with Crippen molar-refractivity contribution in [1.82, 2.24) is 5.32 Å². The van der Waals surface area contributed by atoms with Crippen molar-refractivity contribution in [3.05, 3.63) is 12.7 Å². The van der Waals surface area contributed by atoms with Crippen molar-refractivity contribution in [1.29, 1.82) is 0 Å². The van der Waals surface area contributed by atoms with E-state index in [4.69, 9.17) is 9.47 Å². The first-order valence-corrected chi connectivity index (χ1v) is 10.8.